The smallest absolute Gasteiger partial charge is 0.225 e. The van der Waals surface area contributed by atoms with Gasteiger partial charge in [-0.3, -0.25) is 4.79 Å². The quantitative estimate of drug-likeness (QED) is 0.764. The van der Waals surface area contributed by atoms with E-state index in [-0.39, 0.29) is 0 Å². The van der Waals surface area contributed by atoms with E-state index in [0.717, 1.165) is 37.9 Å². The molecule has 3 nitrogen and oxygen atoms in total. The maximum absolute atomic E-state index is 12.3. The monoisotopic (exact) mass is 264 g/mol. The highest BCUT2D eigenvalue weighted by molar-refractivity contribution is 5.79. The summed E-state index contributed by atoms with van der Waals surface area (Å²) in [7, 11) is 4.38. The minimum Gasteiger partial charge on any atom is -0.342 e. The number of piperidine rings is 1. The number of hydrogen-bond acceptors (Lipinski definition) is 2. The zero-order valence-corrected chi connectivity index (χ0v) is 12.7. The fourth-order valence-electron chi connectivity index (χ4n) is 4.28. The Hall–Kier alpha value is -0.570. The van der Waals surface area contributed by atoms with Gasteiger partial charge < -0.3 is 9.80 Å². The molecule has 3 rings (SSSR count). The first-order valence-electron chi connectivity index (χ1n) is 7.94. The highest BCUT2D eigenvalue weighted by Gasteiger charge is 2.47. The summed E-state index contributed by atoms with van der Waals surface area (Å²) in [6.45, 7) is 4.29. The summed E-state index contributed by atoms with van der Waals surface area (Å²) in [6, 6.07) is 0.787. The Balaban J connectivity index is 1.47. The van der Waals surface area contributed by atoms with Gasteiger partial charge in [-0.25, -0.2) is 0 Å². The van der Waals surface area contributed by atoms with E-state index >= 15 is 0 Å². The van der Waals surface area contributed by atoms with E-state index < -0.39 is 0 Å². The molecule has 2 saturated carbocycles. The molecule has 0 atom stereocenters. The summed E-state index contributed by atoms with van der Waals surface area (Å²) in [5.41, 5.74) is 0.582. The van der Waals surface area contributed by atoms with E-state index in [4.69, 9.17) is 0 Å². The molecular weight excluding hydrogens is 236 g/mol. The first-order valence-corrected chi connectivity index (χ1v) is 7.94. The molecule has 1 heterocycles. The van der Waals surface area contributed by atoms with Crippen LogP contribution in [-0.4, -0.2) is 48.9 Å². The van der Waals surface area contributed by atoms with Gasteiger partial charge in [0.15, 0.2) is 0 Å². The lowest BCUT2D eigenvalue weighted by Gasteiger charge is -2.54. The van der Waals surface area contributed by atoms with Crippen LogP contribution in [0.4, 0.5) is 0 Å². The molecule has 0 bridgehead atoms. The van der Waals surface area contributed by atoms with Gasteiger partial charge in [-0.1, -0.05) is 6.92 Å². The lowest BCUT2D eigenvalue weighted by atomic mass is 9.60. The van der Waals surface area contributed by atoms with E-state index in [1.165, 1.54) is 25.7 Å². The van der Waals surface area contributed by atoms with Gasteiger partial charge in [0.05, 0.1) is 0 Å². The Labute approximate surface area is 117 Å². The van der Waals surface area contributed by atoms with Crippen molar-refractivity contribution >= 4 is 5.91 Å². The van der Waals surface area contributed by atoms with Crippen LogP contribution in [-0.2, 0) is 4.79 Å². The van der Waals surface area contributed by atoms with Crippen LogP contribution in [0.3, 0.4) is 0 Å². The van der Waals surface area contributed by atoms with Crippen molar-refractivity contribution in [2.24, 2.45) is 17.3 Å². The average Bonchev–Trinajstić information content (AvgIpc) is 2.31. The third-order valence-corrected chi connectivity index (χ3v) is 5.93. The lowest BCUT2D eigenvalue weighted by molar-refractivity contribution is -0.144. The number of carbonyl (C=O) groups is 1. The molecule has 1 spiro atoms. The summed E-state index contributed by atoms with van der Waals surface area (Å²) < 4.78 is 0. The highest BCUT2D eigenvalue weighted by atomic mass is 16.2. The molecule has 1 aliphatic heterocycles. The molecule has 0 radical (unpaired) electrons. The predicted octanol–water partition coefficient (Wildman–Crippen LogP) is 2.37. The van der Waals surface area contributed by atoms with Crippen LogP contribution in [0.5, 0.6) is 0 Å². The first-order chi connectivity index (χ1) is 8.99. The van der Waals surface area contributed by atoms with Crippen molar-refractivity contribution in [2.75, 3.05) is 27.2 Å². The van der Waals surface area contributed by atoms with E-state index in [1.807, 2.05) is 0 Å². The maximum Gasteiger partial charge on any atom is 0.225 e. The molecule has 3 aliphatic rings. The molecule has 2 aliphatic carbocycles. The third kappa shape index (κ3) is 2.42. The van der Waals surface area contributed by atoms with Crippen molar-refractivity contribution in [1.29, 1.82) is 0 Å². The summed E-state index contributed by atoms with van der Waals surface area (Å²) in [5, 5.41) is 0. The van der Waals surface area contributed by atoms with Crippen LogP contribution in [0.2, 0.25) is 0 Å². The van der Waals surface area contributed by atoms with Crippen LogP contribution < -0.4 is 0 Å². The first kappa shape index (κ1) is 13.4. The van der Waals surface area contributed by atoms with Crippen molar-refractivity contribution in [1.82, 2.24) is 9.80 Å². The van der Waals surface area contributed by atoms with Crippen LogP contribution in [0.15, 0.2) is 0 Å². The molecule has 0 aromatic heterocycles. The molecule has 3 fully saturated rings. The van der Waals surface area contributed by atoms with Crippen LogP contribution in [0.25, 0.3) is 0 Å². The molecule has 0 unspecified atom stereocenters. The maximum atomic E-state index is 12.3. The Morgan fingerprint density at radius 2 is 1.74 bits per heavy atom. The third-order valence-electron chi connectivity index (χ3n) is 5.93. The van der Waals surface area contributed by atoms with Crippen molar-refractivity contribution in [3.05, 3.63) is 0 Å². The Morgan fingerprint density at radius 1 is 1.16 bits per heavy atom. The van der Waals surface area contributed by atoms with Gasteiger partial charge in [-0.2, -0.15) is 0 Å². The largest absolute Gasteiger partial charge is 0.342 e. The molecule has 0 N–H and O–H groups in total. The van der Waals surface area contributed by atoms with Crippen molar-refractivity contribution in [3.63, 3.8) is 0 Å². The minimum atomic E-state index is 0.361. The molecule has 0 aromatic rings. The van der Waals surface area contributed by atoms with E-state index in [9.17, 15) is 4.79 Å². The summed E-state index contributed by atoms with van der Waals surface area (Å²) >= 11 is 0. The molecule has 1 amide bonds. The van der Waals surface area contributed by atoms with Gasteiger partial charge >= 0.3 is 0 Å². The number of rotatable bonds is 2. The molecule has 108 valence electrons. The lowest BCUT2D eigenvalue weighted by Crippen LogP contribution is -2.55. The zero-order chi connectivity index (χ0) is 13.6. The number of nitrogens with zero attached hydrogens (tertiary/aromatic N) is 2. The molecule has 0 aromatic carbocycles. The van der Waals surface area contributed by atoms with Gasteiger partial charge in [-0.15, -0.1) is 0 Å². The average molecular weight is 264 g/mol. The van der Waals surface area contributed by atoms with Crippen molar-refractivity contribution in [2.45, 2.75) is 51.5 Å². The second kappa shape index (κ2) is 4.76. The Kier molecular flexibility index (Phi) is 3.36. The van der Waals surface area contributed by atoms with Gasteiger partial charge in [-0.05, 0) is 64.0 Å². The van der Waals surface area contributed by atoms with E-state index in [2.05, 4.69) is 30.8 Å². The van der Waals surface area contributed by atoms with Crippen LogP contribution in [0, 0.1) is 17.3 Å². The predicted molar refractivity (Wildman–Crippen MR) is 76.8 cm³/mol. The highest BCUT2D eigenvalue weighted by Crippen LogP contribution is 2.50. The SMILES string of the molecule is CC1CC(C(=O)N2CCC3(CC2)CC(N(C)C)C3)C1. The van der Waals surface area contributed by atoms with Crippen LogP contribution >= 0.6 is 0 Å². The number of amides is 1. The fraction of sp³-hybridized carbons (Fsp3) is 0.938. The van der Waals surface area contributed by atoms with Gasteiger partial charge in [0.1, 0.15) is 0 Å². The Morgan fingerprint density at radius 3 is 2.21 bits per heavy atom. The normalized spacial score (nSPS) is 34.2. The summed E-state index contributed by atoms with van der Waals surface area (Å²) in [5.74, 6) is 1.59. The molecule has 1 saturated heterocycles. The number of likely N-dealkylation sites (tertiary alicyclic amines) is 1. The van der Waals surface area contributed by atoms with Crippen molar-refractivity contribution in [3.8, 4) is 0 Å². The zero-order valence-electron chi connectivity index (χ0n) is 12.7. The number of carbonyl (C=O) groups excluding carboxylic acids is 1. The molecule has 19 heavy (non-hydrogen) atoms. The summed E-state index contributed by atoms with van der Waals surface area (Å²) in [4.78, 5) is 16.9. The van der Waals surface area contributed by atoms with Gasteiger partial charge in [0, 0.05) is 25.0 Å². The summed E-state index contributed by atoms with van der Waals surface area (Å²) in [6.07, 6.45) is 7.44. The standard InChI is InChI=1S/C16H28N2O/c1-12-8-13(9-12)15(19)18-6-4-16(5-7-18)10-14(11-16)17(2)3/h12-14H,4-11H2,1-3H3. The van der Waals surface area contributed by atoms with Gasteiger partial charge in [0.25, 0.3) is 0 Å². The topological polar surface area (TPSA) is 23.6 Å². The molecular formula is C16H28N2O. The molecule has 3 heteroatoms. The van der Waals surface area contributed by atoms with Gasteiger partial charge in [0.2, 0.25) is 5.91 Å². The Bertz CT molecular complexity index is 344. The van der Waals surface area contributed by atoms with Crippen molar-refractivity contribution < 1.29 is 4.79 Å². The second-order valence-corrected chi connectivity index (χ2v) is 7.62. The number of hydrogen-bond donors (Lipinski definition) is 0. The van der Waals surface area contributed by atoms with E-state index in [1.54, 1.807) is 0 Å². The van der Waals surface area contributed by atoms with E-state index in [0.29, 0.717) is 17.2 Å². The minimum absolute atomic E-state index is 0.361. The second-order valence-electron chi connectivity index (χ2n) is 7.62. The van der Waals surface area contributed by atoms with Crippen LogP contribution in [0.1, 0.15) is 45.4 Å². The fourth-order valence-corrected chi connectivity index (χ4v) is 4.28.